The number of unbranched alkanes of at least 4 members (excludes halogenated alkanes) is 1. The van der Waals surface area contributed by atoms with Crippen molar-refractivity contribution in [1.82, 2.24) is 10.3 Å². The predicted octanol–water partition coefficient (Wildman–Crippen LogP) is 4.74. The van der Waals surface area contributed by atoms with E-state index in [4.69, 9.17) is 4.74 Å². The minimum Gasteiger partial charge on any atom is -0.477 e. The molecule has 120 valence electrons. The van der Waals surface area contributed by atoms with Crippen LogP contribution in [0.5, 0.6) is 5.88 Å². The fourth-order valence-corrected chi connectivity index (χ4v) is 2.35. The van der Waals surface area contributed by atoms with E-state index in [2.05, 4.69) is 50.1 Å². The van der Waals surface area contributed by atoms with Gasteiger partial charge >= 0.3 is 0 Å². The maximum Gasteiger partial charge on any atom is 0.213 e. The molecule has 3 heteroatoms. The van der Waals surface area contributed by atoms with Gasteiger partial charge in [-0.15, -0.1) is 0 Å². The van der Waals surface area contributed by atoms with Crippen LogP contribution in [0.15, 0.2) is 18.3 Å². The maximum absolute atomic E-state index is 5.91. The first-order valence-corrected chi connectivity index (χ1v) is 8.53. The monoisotopic (exact) mass is 292 g/mol. The van der Waals surface area contributed by atoms with Crippen molar-refractivity contribution in [2.24, 2.45) is 5.92 Å². The molecule has 1 rings (SSSR count). The molecule has 3 nitrogen and oxygen atoms in total. The van der Waals surface area contributed by atoms with Gasteiger partial charge in [-0.05, 0) is 43.9 Å². The fourth-order valence-electron chi connectivity index (χ4n) is 2.35. The quantitative estimate of drug-likeness (QED) is 0.640. The van der Waals surface area contributed by atoms with Gasteiger partial charge in [0.15, 0.2) is 0 Å². The van der Waals surface area contributed by atoms with Crippen LogP contribution in [0.4, 0.5) is 0 Å². The second-order valence-electron chi connectivity index (χ2n) is 5.83. The van der Waals surface area contributed by atoms with Crippen molar-refractivity contribution in [2.45, 2.75) is 65.8 Å². The number of hydrogen-bond acceptors (Lipinski definition) is 3. The van der Waals surface area contributed by atoms with Gasteiger partial charge in [0.2, 0.25) is 5.88 Å². The summed E-state index contributed by atoms with van der Waals surface area (Å²) in [5.41, 5.74) is 1.25. The lowest BCUT2D eigenvalue weighted by Crippen LogP contribution is -2.19. The molecule has 0 radical (unpaired) electrons. The molecule has 0 aliphatic rings. The van der Waals surface area contributed by atoms with E-state index in [-0.39, 0.29) is 0 Å². The molecular formula is C18H32N2O. The average Bonchev–Trinajstić information content (AvgIpc) is 2.53. The van der Waals surface area contributed by atoms with E-state index in [0.29, 0.717) is 12.0 Å². The molecular weight excluding hydrogens is 260 g/mol. The van der Waals surface area contributed by atoms with E-state index in [1.54, 1.807) is 0 Å². The van der Waals surface area contributed by atoms with Gasteiger partial charge < -0.3 is 10.1 Å². The van der Waals surface area contributed by atoms with Crippen molar-refractivity contribution in [2.75, 3.05) is 13.2 Å². The Morgan fingerprint density at radius 1 is 1.24 bits per heavy atom. The molecule has 0 aromatic carbocycles. The summed E-state index contributed by atoms with van der Waals surface area (Å²) in [4.78, 5) is 4.34. The van der Waals surface area contributed by atoms with Crippen molar-refractivity contribution in [3.05, 3.63) is 23.9 Å². The summed E-state index contributed by atoms with van der Waals surface area (Å²) in [6.45, 7) is 10.7. The summed E-state index contributed by atoms with van der Waals surface area (Å²) >= 11 is 0. The summed E-state index contributed by atoms with van der Waals surface area (Å²) in [6, 6.07) is 4.48. The van der Waals surface area contributed by atoms with Crippen LogP contribution in [0, 0.1) is 5.92 Å². The molecule has 0 fully saturated rings. The van der Waals surface area contributed by atoms with Gasteiger partial charge in [-0.3, -0.25) is 0 Å². The smallest absolute Gasteiger partial charge is 0.213 e. The Morgan fingerprint density at radius 3 is 2.71 bits per heavy atom. The number of ether oxygens (including phenoxy) is 1. The number of nitrogens with zero attached hydrogens (tertiary/aromatic N) is 1. The standard InChI is InChI=1S/C18H32N2O/c1-5-8-9-16(7-3)14-21-18-13-17(10-12-20-18)15(4)19-11-6-2/h10,12-13,15-16,19H,5-9,11,14H2,1-4H3. The first-order valence-electron chi connectivity index (χ1n) is 8.53. The lowest BCUT2D eigenvalue weighted by molar-refractivity contribution is 0.225. The third-order valence-electron chi connectivity index (χ3n) is 3.97. The van der Waals surface area contributed by atoms with E-state index in [0.717, 1.165) is 25.5 Å². The van der Waals surface area contributed by atoms with E-state index in [1.165, 1.54) is 31.2 Å². The lowest BCUT2D eigenvalue weighted by Gasteiger charge is -2.17. The Balaban J connectivity index is 2.51. The Labute approximate surface area is 130 Å². The first kappa shape index (κ1) is 18.0. The Hall–Kier alpha value is -1.09. The van der Waals surface area contributed by atoms with Gasteiger partial charge in [-0.1, -0.05) is 40.0 Å². The van der Waals surface area contributed by atoms with Crippen LogP contribution in [0.25, 0.3) is 0 Å². The molecule has 0 saturated carbocycles. The number of aromatic nitrogens is 1. The van der Waals surface area contributed by atoms with E-state index < -0.39 is 0 Å². The Morgan fingerprint density at radius 2 is 2.05 bits per heavy atom. The average molecular weight is 292 g/mol. The minimum atomic E-state index is 0.345. The highest BCUT2D eigenvalue weighted by molar-refractivity contribution is 5.23. The number of hydrogen-bond donors (Lipinski definition) is 1. The van der Waals surface area contributed by atoms with Crippen LogP contribution >= 0.6 is 0 Å². The summed E-state index contributed by atoms with van der Waals surface area (Å²) in [5, 5.41) is 3.50. The molecule has 0 bridgehead atoms. The van der Waals surface area contributed by atoms with Gasteiger partial charge in [0.25, 0.3) is 0 Å². The number of rotatable bonds is 11. The number of nitrogens with one attached hydrogen (secondary N) is 1. The van der Waals surface area contributed by atoms with Crippen molar-refractivity contribution < 1.29 is 4.74 Å². The Kier molecular flexibility index (Phi) is 9.07. The molecule has 1 N–H and O–H groups in total. The number of pyridine rings is 1. The Bertz CT molecular complexity index is 381. The SMILES string of the molecule is CCCCC(CC)COc1cc(C(C)NCCC)ccn1. The van der Waals surface area contributed by atoms with E-state index >= 15 is 0 Å². The van der Waals surface area contributed by atoms with Crippen molar-refractivity contribution >= 4 is 0 Å². The van der Waals surface area contributed by atoms with Crippen molar-refractivity contribution in [3.8, 4) is 5.88 Å². The highest BCUT2D eigenvalue weighted by Gasteiger charge is 2.09. The van der Waals surface area contributed by atoms with Crippen LogP contribution in [0.1, 0.15) is 71.4 Å². The third-order valence-corrected chi connectivity index (χ3v) is 3.97. The van der Waals surface area contributed by atoms with Crippen LogP contribution in [0.3, 0.4) is 0 Å². The molecule has 0 saturated heterocycles. The summed E-state index contributed by atoms with van der Waals surface area (Å²) < 4.78 is 5.91. The molecule has 1 aromatic heterocycles. The zero-order chi connectivity index (χ0) is 15.5. The largest absolute Gasteiger partial charge is 0.477 e. The van der Waals surface area contributed by atoms with Gasteiger partial charge in [-0.2, -0.15) is 0 Å². The predicted molar refractivity (Wildman–Crippen MR) is 89.7 cm³/mol. The molecule has 1 heterocycles. The molecule has 1 aromatic rings. The first-order chi connectivity index (χ1) is 10.2. The van der Waals surface area contributed by atoms with Crippen molar-refractivity contribution in [3.63, 3.8) is 0 Å². The fraction of sp³-hybridized carbons (Fsp3) is 0.722. The molecule has 0 aliphatic carbocycles. The molecule has 0 amide bonds. The zero-order valence-electron chi connectivity index (χ0n) is 14.2. The third kappa shape index (κ3) is 6.94. The van der Waals surface area contributed by atoms with Crippen LogP contribution in [-0.4, -0.2) is 18.1 Å². The van der Waals surface area contributed by atoms with Gasteiger partial charge in [0, 0.05) is 18.3 Å². The summed E-state index contributed by atoms with van der Waals surface area (Å²) in [5.74, 6) is 1.40. The highest BCUT2D eigenvalue weighted by Crippen LogP contribution is 2.19. The second kappa shape index (κ2) is 10.6. The zero-order valence-corrected chi connectivity index (χ0v) is 14.2. The van der Waals surface area contributed by atoms with Gasteiger partial charge in [0.1, 0.15) is 0 Å². The summed E-state index contributed by atoms with van der Waals surface area (Å²) in [7, 11) is 0. The molecule has 2 atom stereocenters. The normalized spacial score (nSPS) is 13.9. The minimum absolute atomic E-state index is 0.345. The molecule has 0 spiro atoms. The van der Waals surface area contributed by atoms with Gasteiger partial charge in [-0.25, -0.2) is 4.98 Å². The molecule has 2 unspecified atom stereocenters. The molecule has 21 heavy (non-hydrogen) atoms. The topological polar surface area (TPSA) is 34.1 Å². The summed E-state index contributed by atoms with van der Waals surface area (Å²) in [6.07, 6.45) is 7.96. The second-order valence-corrected chi connectivity index (χ2v) is 5.83. The van der Waals surface area contributed by atoms with Gasteiger partial charge in [0.05, 0.1) is 6.61 Å². The molecule has 0 aliphatic heterocycles. The van der Waals surface area contributed by atoms with E-state index in [9.17, 15) is 0 Å². The van der Waals surface area contributed by atoms with Crippen LogP contribution in [0.2, 0.25) is 0 Å². The highest BCUT2D eigenvalue weighted by atomic mass is 16.5. The lowest BCUT2D eigenvalue weighted by atomic mass is 10.0. The van der Waals surface area contributed by atoms with Crippen molar-refractivity contribution in [1.29, 1.82) is 0 Å². The van der Waals surface area contributed by atoms with Crippen LogP contribution in [-0.2, 0) is 0 Å². The maximum atomic E-state index is 5.91. The van der Waals surface area contributed by atoms with Crippen LogP contribution < -0.4 is 10.1 Å². The van der Waals surface area contributed by atoms with E-state index in [1.807, 2.05) is 6.20 Å².